The van der Waals surface area contributed by atoms with Crippen LogP contribution in [0.4, 0.5) is 11.4 Å². The zero-order chi connectivity index (χ0) is 10.3. The molecule has 1 aromatic carbocycles. The maximum atomic E-state index is 8.40. The van der Waals surface area contributed by atoms with Crippen molar-refractivity contribution in [3.8, 4) is 5.75 Å². The van der Waals surface area contributed by atoms with E-state index < -0.39 is 0 Å². The Morgan fingerprint density at radius 3 is 2.38 bits per heavy atom. The Morgan fingerprint density at radius 2 is 1.92 bits per heavy atom. The first-order chi connectivity index (χ1) is 6.24. The highest BCUT2D eigenvalue weighted by Gasteiger charge is 1.98. The quantitative estimate of drug-likeness (QED) is 0.476. The van der Waals surface area contributed by atoms with E-state index in [1.165, 1.54) is 0 Å². The molecule has 0 fully saturated rings. The highest BCUT2D eigenvalue weighted by Crippen LogP contribution is 2.22. The summed E-state index contributed by atoms with van der Waals surface area (Å²) in [5, 5.41) is 8.40. The van der Waals surface area contributed by atoms with Crippen molar-refractivity contribution in [2.45, 2.75) is 13.8 Å². The molecule has 0 spiro atoms. The lowest BCUT2D eigenvalue weighted by molar-refractivity contribution is 0.0992. The third kappa shape index (κ3) is 3.66. The third-order valence-electron chi connectivity index (χ3n) is 1.25. The summed E-state index contributed by atoms with van der Waals surface area (Å²) in [6.07, 6.45) is 0. The number of aliphatic hydroxyl groups excluding tert-OH is 1. The largest absolute Gasteiger partial charge is 0.466 e. The minimum absolute atomic E-state index is 0.381. The topological polar surface area (TPSA) is 81.5 Å². The van der Waals surface area contributed by atoms with Crippen LogP contribution in [0.25, 0.3) is 0 Å². The summed E-state index contributed by atoms with van der Waals surface area (Å²) in [6.45, 7) is 3.62. The minimum atomic E-state index is -0.381. The standard InChI is InChI=1S/C7H10N2O2.C2H6/c8-5-1-2-7(11-4-10)6(9)3-5;1-2/h1-3,10H,4,8-9H2;1-2H3. The van der Waals surface area contributed by atoms with E-state index in [9.17, 15) is 0 Å². The van der Waals surface area contributed by atoms with Crippen LogP contribution in [0.1, 0.15) is 13.8 Å². The van der Waals surface area contributed by atoms with Gasteiger partial charge in [0.05, 0.1) is 5.69 Å². The van der Waals surface area contributed by atoms with Crippen molar-refractivity contribution in [3.63, 3.8) is 0 Å². The second-order valence-electron chi connectivity index (χ2n) is 2.07. The van der Waals surface area contributed by atoms with Gasteiger partial charge in [-0.05, 0) is 18.2 Å². The predicted molar refractivity (Wildman–Crippen MR) is 54.3 cm³/mol. The van der Waals surface area contributed by atoms with E-state index in [0.29, 0.717) is 17.1 Å². The number of nitrogen functional groups attached to an aromatic ring is 2. The van der Waals surface area contributed by atoms with Crippen molar-refractivity contribution in [2.24, 2.45) is 0 Å². The molecule has 0 radical (unpaired) electrons. The van der Waals surface area contributed by atoms with E-state index in [2.05, 4.69) is 0 Å². The van der Waals surface area contributed by atoms with E-state index in [1.807, 2.05) is 13.8 Å². The van der Waals surface area contributed by atoms with Crippen molar-refractivity contribution in [3.05, 3.63) is 18.2 Å². The Labute approximate surface area is 78.1 Å². The van der Waals surface area contributed by atoms with Gasteiger partial charge in [0, 0.05) is 5.69 Å². The van der Waals surface area contributed by atoms with Crippen molar-refractivity contribution in [1.29, 1.82) is 0 Å². The average Bonchev–Trinajstić information content (AvgIpc) is 2.14. The second kappa shape index (κ2) is 6.14. The highest BCUT2D eigenvalue weighted by atomic mass is 16.6. The highest BCUT2D eigenvalue weighted by molar-refractivity contribution is 5.60. The number of nitrogens with two attached hydrogens (primary N) is 2. The molecule has 13 heavy (non-hydrogen) atoms. The first kappa shape index (κ1) is 11.6. The Kier molecular flexibility index (Phi) is 5.47. The molecule has 4 heteroatoms. The number of rotatable bonds is 2. The van der Waals surface area contributed by atoms with E-state index >= 15 is 0 Å². The fourth-order valence-corrected chi connectivity index (χ4v) is 0.768. The molecule has 1 aromatic rings. The third-order valence-corrected chi connectivity index (χ3v) is 1.25. The molecule has 0 bridgehead atoms. The fraction of sp³-hybridized carbons (Fsp3) is 0.333. The summed E-state index contributed by atoms with van der Waals surface area (Å²) in [4.78, 5) is 0. The van der Waals surface area contributed by atoms with Gasteiger partial charge in [0.25, 0.3) is 0 Å². The Bertz CT molecular complexity index is 251. The van der Waals surface area contributed by atoms with Crippen molar-refractivity contribution in [1.82, 2.24) is 0 Å². The Hall–Kier alpha value is -1.42. The van der Waals surface area contributed by atoms with Gasteiger partial charge in [-0.1, -0.05) is 13.8 Å². The van der Waals surface area contributed by atoms with Crippen LogP contribution >= 0.6 is 0 Å². The van der Waals surface area contributed by atoms with Gasteiger partial charge in [0.1, 0.15) is 5.75 Å². The molecule has 0 aromatic heterocycles. The molecule has 1 rings (SSSR count). The molecular formula is C9H16N2O2. The molecular weight excluding hydrogens is 168 g/mol. The van der Waals surface area contributed by atoms with Gasteiger partial charge in [-0.2, -0.15) is 0 Å². The van der Waals surface area contributed by atoms with E-state index in [-0.39, 0.29) is 6.79 Å². The number of aliphatic hydroxyl groups is 1. The maximum absolute atomic E-state index is 8.40. The molecule has 0 unspecified atom stereocenters. The SMILES string of the molecule is CC.Nc1ccc(OCO)c(N)c1. The normalized spacial score (nSPS) is 8.54. The summed E-state index contributed by atoms with van der Waals surface area (Å²) in [5.74, 6) is 0.446. The lowest BCUT2D eigenvalue weighted by atomic mass is 10.2. The lowest BCUT2D eigenvalue weighted by Gasteiger charge is -2.05. The lowest BCUT2D eigenvalue weighted by Crippen LogP contribution is -1.99. The van der Waals surface area contributed by atoms with Crippen LogP contribution in [0.3, 0.4) is 0 Å². The van der Waals surface area contributed by atoms with Crippen LogP contribution in [0.5, 0.6) is 5.75 Å². The first-order valence-corrected chi connectivity index (χ1v) is 4.12. The van der Waals surface area contributed by atoms with Crippen LogP contribution in [0.2, 0.25) is 0 Å². The molecule has 0 saturated heterocycles. The van der Waals surface area contributed by atoms with Crippen molar-refractivity contribution >= 4 is 11.4 Å². The smallest absolute Gasteiger partial charge is 0.186 e. The van der Waals surface area contributed by atoms with Crippen molar-refractivity contribution < 1.29 is 9.84 Å². The second-order valence-corrected chi connectivity index (χ2v) is 2.07. The maximum Gasteiger partial charge on any atom is 0.186 e. The minimum Gasteiger partial charge on any atom is -0.466 e. The Morgan fingerprint density at radius 1 is 1.31 bits per heavy atom. The summed E-state index contributed by atoms with van der Waals surface area (Å²) >= 11 is 0. The number of hydrogen-bond acceptors (Lipinski definition) is 4. The molecule has 0 aliphatic heterocycles. The van der Waals surface area contributed by atoms with E-state index in [1.54, 1.807) is 18.2 Å². The molecule has 0 aliphatic rings. The first-order valence-electron chi connectivity index (χ1n) is 4.12. The average molecular weight is 184 g/mol. The van der Waals surface area contributed by atoms with Crippen LogP contribution < -0.4 is 16.2 Å². The van der Waals surface area contributed by atoms with Gasteiger partial charge < -0.3 is 21.3 Å². The van der Waals surface area contributed by atoms with Gasteiger partial charge >= 0.3 is 0 Å². The number of benzene rings is 1. The van der Waals surface area contributed by atoms with Crippen LogP contribution in [-0.4, -0.2) is 11.9 Å². The molecule has 4 nitrogen and oxygen atoms in total. The monoisotopic (exact) mass is 184 g/mol. The Balaban J connectivity index is 0.000000671. The van der Waals surface area contributed by atoms with Gasteiger partial charge in [0.2, 0.25) is 0 Å². The molecule has 74 valence electrons. The van der Waals surface area contributed by atoms with Gasteiger partial charge in [0.15, 0.2) is 6.79 Å². The molecule has 0 heterocycles. The summed E-state index contributed by atoms with van der Waals surface area (Å²) in [5.41, 5.74) is 11.9. The van der Waals surface area contributed by atoms with Crippen LogP contribution in [0, 0.1) is 0 Å². The van der Waals surface area contributed by atoms with E-state index in [0.717, 1.165) is 0 Å². The van der Waals surface area contributed by atoms with Crippen molar-refractivity contribution in [2.75, 3.05) is 18.3 Å². The van der Waals surface area contributed by atoms with Crippen LogP contribution in [-0.2, 0) is 0 Å². The molecule has 0 amide bonds. The zero-order valence-electron chi connectivity index (χ0n) is 7.95. The molecule has 0 saturated carbocycles. The van der Waals surface area contributed by atoms with Crippen LogP contribution in [0.15, 0.2) is 18.2 Å². The van der Waals surface area contributed by atoms with Gasteiger partial charge in [-0.3, -0.25) is 0 Å². The number of hydrogen-bond donors (Lipinski definition) is 3. The molecule has 0 aliphatic carbocycles. The zero-order valence-corrected chi connectivity index (χ0v) is 7.95. The summed E-state index contributed by atoms with van der Waals surface area (Å²) in [7, 11) is 0. The molecule has 0 atom stereocenters. The fourth-order valence-electron chi connectivity index (χ4n) is 0.768. The number of ether oxygens (including phenoxy) is 1. The van der Waals surface area contributed by atoms with E-state index in [4.69, 9.17) is 21.3 Å². The summed E-state index contributed by atoms with van der Waals surface area (Å²) < 4.78 is 4.77. The molecule has 5 N–H and O–H groups in total. The summed E-state index contributed by atoms with van der Waals surface area (Å²) in [6, 6.07) is 4.84. The van der Waals surface area contributed by atoms with Gasteiger partial charge in [-0.25, -0.2) is 0 Å². The predicted octanol–water partition coefficient (Wildman–Crippen LogP) is 1.21. The van der Waals surface area contributed by atoms with Gasteiger partial charge in [-0.15, -0.1) is 0 Å². The number of anilines is 2.